The van der Waals surface area contributed by atoms with Gasteiger partial charge in [0, 0.05) is 18.7 Å². The van der Waals surface area contributed by atoms with Crippen molar-refractivity contribution in [2.24, 2.45) is 4.99 Å². The van der Waals surface area contributed by atoms with Crippen LogP contribution in [0.4, 0.5) is 0 Å². The van der Waals surface area contributed by atoms with Gasteiger partial charge in [0.15, 0.2) is 5.96 Å². The summed E-state index contributed by atoms with van der Waals surface area (Å²) in [7, 11) is 0. The summed E-state index contributed by atoms with van der Waals surface area (Å²) >= 11 is 0. The van der Waals surface area contributed by atoms with Gasteiger partial charge in [-0.05, 0) is 40.0 Å². The molecular weight excluding hydrogens is 316 g/mol. The molecule has 2 rings (SSSR count). The topological polar surface area (TPSA) is 71.7 Å². The van der Waals surface area contributed by atoms with Crippen LogP contribution in [0.1, 0.15) is 62.5 Å². The fraction of sp³-hybridized carbons (Fsp3) is 0.789. The maximum atomic E-state index is 6.00. The van der Waals surface area contributed by atoms with Crippen molar-refractivity contribution in [3.05, 3.63) is 17.0 Å². The first-order valence-electron chi connectivity index (χ1n) is 9.76. The number of hydrogen-bond acceptors (Lipinski definition) is 4. The lowest BCUT2D eigenvalue weighted by molar-refractivity contribution is 0.0487. The molecule has 0 aliphatic heterocycles. The monoisotopic (exact) mass is 350 g/mol. The summed E-state index contributed by atoms with van der Waals surface area (Å²) in [6.45, 7) is 9.06. The minimum Gasteiger partial charge on any atom is -0.376 e. The van der Waals surface area contributed by atoms with Crippen LogP contribution >= 0.6 is 0 Å². The van der Waals surface area contributed by atoms with Gasteiger partial charge in [-0.15, -0.1) is 0 Å². The molecule has 6 heteroatoms. The number of aliphatic imine (C=N–C) groups is 1. The lowest BCUT2D eigenvalue weighted by Gasteiger charge is -2.15. The van der Waals surface area contributed by atoms with Gasteiger partial charge in [-0.2, -0.15) is 0 Å². The van der Waals surface area contributed by atoms with E-state index < -0.39 is 0 Å². The van der Waals surface area contributed by atoms with E-state index in [2.05, 4.69) is 27.7 Å². The average Bonchev–Trinajstić information content (AvgIpc) is 2.81. The molecule has 1 saturated carbocycles. The number of guanidine groups is 1. The number of aromatic nitrogens is 1. The van der Waals surface area contributed by atoms with Gasteiger partial charge in [0.2, 0.25) is 0 Å². The van der Waals surface area contributed by atoms with Crippen LogP contribution < -0.4 is 10.6 Å². The zero-order valence-electron chi connectivity index (χ0n) is 16.1. The fourth-order valence-electron chi connectivity index (χ4n) is 3.29. The third-order valence-electron chi connectivity index (χ3n) is 4.71. The van der Waals surface area contributed by atoms with E-state index in [1.165, 1.54) is 44.1 Å². The van der Waals surface area contributed by atoms with Gasteiger partial charge < -0.3 is 19.9 Å². The number of nitrogens with one attached hydrogen (secondary N) is 2. The highest BCUT2D eigenvalue weighted by Crippen LogP contribution is 2.19. The van der Waals surface area contributed by atoms with Crippen molar-refractivity contribution in [2.75, 3.05) is 26.2 Å². The van der Waals surface area contributed by atoms with Crippen LogP contribution in [0.3, 0.4) is 0 Å². The summed E-state index contributed by atoms with van der Waals surface area (Å²) in [4.78, 5) is 4.62. The predicted molar refractivity (Wildman–Crippen MR) is 101 cm³/mol. The van der Waals surface area contributed by atoms with Crippen molar-refractivity contribution < 1.29 is 9.26 Å². The molecular formula is C19H34N4O2. The molecule has 1 aliphatic rings. The van der Waals surface area contributed by atoms with E-state index in [0.717, 1.165) is 36.9 Å². The molecule has 0 spiro atoms. The first-order valence-corrected chi connectivity index (χ1v) is 9.76. The van der Waals surface area contributed by atoms with Gasteiger partial charge in [-0.1, -0.05) is 30.8 Å². The summed E-state index contributed by atoms with van der Waals surface area (Å²) in [6.07, 6.45) is 9.06. The van der Waals surface area contributed by atoms with Crippen LogP contribution in [0.5, 0.6) is 0 Å². The zero-order chi connectivity index (χ0) is 17.9. The van der Waals surface area contributed by atoms with E-state index in [-0.39, 0.29) is 0 Å². The summed E-state index contributed by atoms with van der Waals surface area (Å²) in [5, 5.41) is 10.7. The SMILES string of the molecule is CCNC(=NCCOC1CCCCCC1)NCCc1c(C)noc1C. The Morgan fingerprint density at radius 3 is 2.60 bits per heavy atom. The highest BCUT2D eigenvalue weighted by atomic mass is 16.5. The molecule has 0 radical (unpaired) electrons. The molecule has 1 aliphatic carbocycles. The molecule has 1 aromatic heterocycles. The average molecular weight is 351 g/mol. The summed E-state index contributed by atoms with van der Waals surface area (Å²) in [6, 6.07) is 0. The Labute approximate surface area is 151 Å². The molecule has 0 aromatic carbocycles. The molecule has 0 amide bonds. The van der Waals surface area contributed by atoms with Crippen molar-refractivity contribution in [1.29, 1.82) is 0 Å². The number of hydrogen-bond donors (Lipinski definition) is 2. The Morgan fingerprint density at radius 2 is 1.96 bits per heavy atom. The summed E-state index contributed by atoms with van der Waals surface area (Å²) in [5.74, 6) is 1.75. The van der Waals surface area contributed by atoms with Crippen LogP contribution in [-0.4, -0.2) is 43.5 Å². The Morgan fingerprint density at radius 1 is 1.20 bits per heavy atom. The quantitative estimate of drug-likeness (QED) is 0.326. The van der Waals surface area contributed by atoms with Crippen LogP contribution in [0.15, 0.2) is 9.52 Å². The predicted octanol–water partition coefficient (Wildman–Crippen LogP) is 3.13. The highest BCUT2D eigenvalue weighted by molar-refractivity contribution is 5.79. The van der Waals surface area contributed by atoms with Crippen molar-refractivity contribution in [3.8, 4) is 0 Å². The fourth-order valence-corrected chi connectivity index (χ4v) is 3.29. The second kappa shape index (κ2) is 11.1. The lowest BCUT2D eigenvalue weighted by atomic mass is 10.1. The molecule has 2 N–H and O–H groups in total. The van der Waals surface area contributed by atoms with Crippen LogP contribution in [-0.2, 0) is 11.2 Å². The van der Waals surface area contributed by atoms with Crippen molar-refractivity contribution in [3.63, 3.8) is 0 Å². The third kappa shape index (κ3) is 7.06. The Kier molecular flexibility index (Phi) is 8.80. The van der Waals surface area contributed by atoms with Gasteiger partial charge in [0.25, 0.3) is 0 Å². The molecule has 0 unspecified atom stereocenters. The van der Waals surface area contributed by atoms with Gasteiger partial charge in [-0.25, -0.2) is 0 Å². The molecule has 1 heterocycles. The van der Waals surface area contributed by atoms with Crippen LogP contribution in [0, 0.1) is 13.8 Å². The zero-order valence-corrected chi connectivity index (χ0v) is 16.1. The summed E-state index contributed by atoms with van der Waals surface area (Å²) < 4.78 is 11.2. The number of ether oxygens (including phenoxy) is 1. The second-order valence-corrected chi connectivity index (χ2v) is 6.72. The Bertz CT molecular complexity index is 500. The first-order chi connectivity index (χ1) is 12.2. The van der Waals surface area contributed by atoms with Crippen LogP contribution in [0.25, 0.3) is 0 Å². The summed E-state index contributed by atoms with van der Waals surface area (Å²) in [5.41, 5.74) is 2.15. The van der Waals surface area contributed by atoms with E-state index in [1.54, 1.807) is 0 Å². The Balaban J connectivity index is 1.70. The van der Waals surface area contributed by atoms with Gasteiger partial charge in [-0.3, -0.25) is 4.99 Å². The molecule has 25 heavy (non-hydrogen) atoms. The number of rotatable bonds is 8. The Hall–Kier alpha value is -1.56. The molecule has 0 saturated heterocycles. The van der Waals surface area contributed by atoms with Gasteiger partial charge in [0.05, 0.1) is 24.9 Å². The van der Waals surface area contributed by atoms with E-state index in [4.69, 9.17) is 9.26 Å². The first kappa shape index (κ1) is 19.8. The largest absolute Gasteiger partial charge is 0.376 e. The standard InChI is InChI=1S/C19H34N4O2/c1-4-20-19(21-12-11-18-15(2)23-25-16(18)3)22-13-14-24-17-9-7-5-6-8-10-17/h17H,4-14H2,1-3H3,(H2,20,21,22). The second-order valence-electron chi connectivity index (χ2n) is 6.72. The number of nitrogens with zero attached hydrogens (tertiary/aromatic N) is 2. The molecule has 1 fully saturated rings. The molecule has 0 bridgehead atoms. The maximum Gasteiger partial charge on any atom is 0.191 e. The number of aryl methyl sites for hydroxylation is 2. The van der Waals surface area contributed by atoms with Gasteiger partial charge >= 0.3 is 0 Å². The third-order valence-corrected chi connectivity index (χ3v) is 4.71. The molecule has 0 atom stereocenters. The highest BCUT2D eigenvalue weighted by Gasteiger charge is 2.12. The maximum absolute atomic E-state index is 6.00. The van der Waals surface area contributed by atoms with Crippen molar-refractivity contribution in [1.82, 2.24) is 15.8 Å². The van der Waals surface area contributed by atoms with Gasteiger partial charge in [0.1, 0.15) is 5.76 Å². The minimum atomic E-state index is 0.438. The van der Waals surface area contributed by atoms with Crippen molar-refractivity contribution >= 4 is 5.96 Å². The molecule has 142 valence electrons. The lowest BCUT2D eigenvalue weighted by Crippen LogP contribution is -2.38. The smallest absolute Gasteiger partial charge is 0.191 e. The molecule has 6 nitrogen and oxygen atoms in total. The van der Waals surface area contributed by atoms with Crippen molar-refractivity contribution in [2.45, 2.75) is 71.8 Å². The molecule has 1 aromatic rings. The normalized spacial score (nSPS) is 16.7. The van der Waals surface area contributed by atoms with E-state index in [0.29, 0.717) is 19.3 Å². The van der Waals surface area contributed by atoms with E-state index >= 15 is 0 Å². The minimum absolute atomic E-state index is 0.438. The van der Waals surface area contributed by atoms with E-state index in [1.807, 2.05) is 13.8 Å². The van der Waals surface area contributed by atoms with Crippen LogP contribution in [0.2, 0.25) is 0 Å². The van der Waals surface area contributed by atoms with E-state index in [9.17, 15) is 0 Å².